The molecule has 0 bridgehead atoms. The summed E-state index contributed by atoms with van der Waals surface area (Å²) in [5, 5.41) is 13.4. The van der Waals surface area contributed by atoms with Gasteiger partial charge < -0.3 is 10.4 Å². The van der Waals surface area contributed by atoms with E-state index < -0.39 is 0 Å². The lowest BCUT2D eigenvalue weighted by molar-refractivity contribution is 0.167. The Bertz CT molecular complexity index is 372. The molecule has 1 aromatic rings. The molecule has 1 heterocycles. The lowest BCUT2D eigenvalue weighted by atomic mass is 9.99. The summed E-state index contributed by atoms with van der Waals surface area (Å²) in [5.41, 5.74) is 2.18. The lowest BCUT2D eigenvalue weighted by Gasteiger charge is -2.35. The van der Waals surface area contributed by atoms with Crippen LogP contribution in [0.4, 0.5) is 0 Å². The second-order valence-corrected chi connectivity index (χ2v) is 4.77. The number of aryl methyl sites for hydroxylation is 1. The van der Waals surface area contributed by atoms with E-state index in [1.807, 2.05) is 13.0 Å². The summed E-state index contributed by atoms with van der Waals surface area (Å²) in [4.78, 5) is 2.46. The Morgan fingerprint density at radius 3 is 2.65 bits per heavy atom. The zero-order chi connectivity index (χ0) is 12.3. The summed E-state index contributed by atoms with van der Waals surface area (Å²) in [6.45, 7) is 8.41. The van der Waals surface area contributed by atoms with Gasteiger partial charge in [-0.05, 0) is 25.0 Å². The van der Waals surface area contributed by atoms with Crippen LogP contribution in [-0.4, -0.2) is 36.2 Å². The van der Waals surface area contributed by atoms with Gasteiger partial charge in [0.25, 0.3) is 0 Å². The van der Waals surface area contributed by atoms with Crippen molar-refractivity contribution < 1.29 is 5.11 Å². The summed E-state index contributed by atoms with van der Waals surface area (Å²) < 4.78 is 0. The minimum atomic E-state index is 0.345. The first-order chi connectivity index (χ1) is 8.22. The van der Waals surface area contributed by atoms with E-state index in [-0.39, 0.29) is 0 Å². The topological polar surface area (TPSA) is 35.5 Å². The van der Waals surface area contributed by atoms with Crippen molar-refractivity contribution in [2.75, 3.05) is 26.2 Å². The highest BCUT2D eigenvalue weighted by atomic mass is 16.3. The third-order valence-electron chi connectivity index (χ3n) is 3.52. The number of aromatic hydroxyl groups is 1. The van der Waals surface area contributed by atoms with E-state index in [9.17, 15) is 5.11 Å². The highest BCUT2D eigenvalue weighted by molar-refractivity contribution is 5.38. The van der Waals surface area contributed by atoms with Gasteiger partial charge in [-0.2, -0.15) is 0 Å². The first-order valence-corrected chi connectivity index (χ1v) is 6.46. The fourth-order valence-corrected chi connectivity index (χ4v) is 2.60. The summed E-state index contributed by atoms with van der Waals surface area (Å²) >= 11 is 0. The number of nitrogens with one attached hydrogen (secondary N) is 1. The molecular weight excluding hydrogens is 212 g/mol. The second kappa shape index (κ2) is 5.52. The van der Waals surface area contributed by atoms with Crippen LogP contribution in [0.3, 0.4) is 0 Å². The second-order valence-electron chi connectivity index (χ2n) is 4.77. The van der Waals surface area contributed by atoms with Gasteiger partial charge in [-0.3, -0.25) is 4.90 Å². The van der Waals surface area contributed by atoms with Gasteiger partial charge in [-0.25, -0.2) is 0 Å². The summed E-state index contributed by atoms with van der Waals surface area (Å²) in [6, 6.07) is 6.36. The van der Waals surface area contributed by atoms with Gasteiger partial charge in [0.05, 0.1) is 0 Å². The number of nitrogens with zero attached hydrogens (tertiary/aromatic N) is 1. The van der Waals surface area contributed by atoms with Crippen LogP contribution >= 0.6 is 0 Å². The molecule has 0 radical (unpaired) electrons. The number of hydrogen-bond acceptors (Lipinski definition) is 3. The maximum absolute atomic E-state index is 10.1. The molecule has 0 aliphatic carbocycles. The van der Waals surface area contributed by atoms with Crippen LogP contribution in [0.25, 0.3) is 0 Å². The molecule has 0 unspecified atom stereocenters. The van der Waals surface area contributed by atoms with Crippen molar-refractivity contribution in [3.63, 3.8) is 0 Å². The maximum Gasteiger partial charge on any atom is 0.120 e. The molecule has 0 spiro atoms. The van der Waals surface area contributed by atoms with Crippen molar-refractivity contribution in [3.05, 3.63) is 29.3 Å². The molecular formula is C14H22N2O. The normalized spacial score (nSPS) is 19.2. The third-order valence-corrected chi connectivity index (χ3v) is 3.52. The van der Waals surface area contributed by atoms with Crippen molar-refractivity contribution in [2.24, 2.45) is 0 Å². The van der Waals surface area contributed by atoms with Gasteiger partial charge in [0, 0.05) is 37.8 Å². The van der Waals surface area contributed by atoms with Crippen molar-refractivity contribution >= 4 is 0 Å². The molecule has 2 rings (SSSR count). The maximum atomic E-state index is 10.1. The van der Waals surface area contributed by atoms with E-state index in [1.54, 1.807) is 0 Å². The first kappa shape index (κ1) is 12.4. The molecule has 94 valence electrons. The van der Waals surface area contributed by atoms with Crippen LogP contribution in [0.5, 0.6) is 5.75 Å². The molecule has 1 saturated heterocycles. The minimum absolute atomic E-state index is 0.345. The van der Waals surface area contributed by atoms with E-state index in [2.05, 4.69) is 29.3 Å². The monoisotopic (exact) mass is 234 g/mol. The minimum Gasteiger partial charge on any atom is -0.508 e. The van der Waals surface area contributed by atoms with Gasteiger partial charge in [-0.1, -0.05) is 19.1 Å². The molecule has 1 aromatic carbocycles. The number of phenolic OH excluding ortho intramolecular Hbond substituents is 1. The molecule has 1 aliphatic heterocycles. The smallest absolute Gasteiger partial charge is 0.120 e. The molecule has 0 amide bonds. The SMILES string of the molecule is CC[C@@H](c1ccc(C)cc1O)N1CCNCC1. The molecule has 0 aromatic heterocycles. The first-order valence-electron chi connectivity index (χ1n) is 6.46. The number of piperazine rings is 1. The summed E-state index contributed by atoms with van der Waals surface area (Å²) in [7, 11) is 0. The van der Waals surface area contributed by atoms with Gasteiger partial charge in [0.2, 0.25) is 0 Å². The highest BCUT2D eigenvalue weighted by Gasteiger charge is 2.22. The number of benzene rings is 1. The van der Waals surface area contributed by atoms with Crippen molar-refractivity contribution in [2.45, 2.75) is 26.3 Å². The van der Waals surface area contributed by atoms with Gasteiger partial charge in [0.1, 0.15) is 5.75 Å². The number of phenols is 1. The van der Waals surface area contributed by atoms with Crippen LogP contribution in [0, 0.1) is 6.92 Å². The van der Waals surface area contributed by atoms with E-state index in [4.69, 9.17) is 0 Å². The van der Waals surface area contributed by atoms with E-state index in [1.165, 1.54) is 0 Å². The number of hydrogen-bond donors (Lipinski definition) is 2. The molecule has 17 heavy (non-hydrogen) atoms. The fraction of sp³-hybridized carbons (Fsp3) is 0.571. The van der Waals surface area contributed by atoms with Crippen LogP contribution in [0.15, 0.2) is 18.2 Å². The summed E-state index contributed by atoms with van der Waals surface area (Å²) in [5.74, 6) is 0.440. The fourth-order valence-electron chi connectivity index (χ4n) is 2.60. The molecule has 0 saturated carbocycles. The molecule has 1 atom stereocenters. The van der Waals surface area contributed by atoms with Crippen LogP contribution < -0.4 is 5.32 Å². The lowest BCUT2D eigenvalue weighted by Crippen LogP contribution is -2.45. The van der Waals surface area contributed by atoms with E-state index in [0.717, 1.165) is 43.7 Å². The average molecular weight is 234 g/mol. The van der Waals surface area contributed by atoms with Gasteiger partial charge in [-0.15, -0.1) is 0 Å². The highest BCUT2D eigenvalue weighted by Crippen LogP contribution is 2.31. The predicted molar refractivity (Wildman–Crippen MR) is 70.3 cm³/mol. The van der Waals surface area contributed by atoms with Crippen LogP contribution in [-0.2, 0) is 0 Å². The Kier molecular flexibility index (Phi) is 4.02. The number of rotatable bonds is 3. The van der Waals surface area contributed by atoms with E-state index >= 15 is 0 Å². The molecule has 1 aliphatic rings. The van der Waals surface area contributed by atoms with Gasteiger partial charge in [0.15, 0.2) is 0 Å². The van der Waals surface area contributed by atoms with Crippen LogP contribution in [0.1, 0.15) is 30.5 Å². The van der Waals surface area contributed by atoms with Gasteiger partial charge >= 0.3 is 0 Å². The molecule has 3 nitrogen and oxygen atoms in total. The third kappa shape index (κ3) is 2.79. The van der Waals surface area contributed by atoms with Crippen LogP contribution in [0.2, 0.25) is 0 Å². The Labute approximate surface area is 103 Å². The zero-order valence-electron chi connectivity index (χ0n) is 10.7. The Balaban J connectivity index is 2.21. The standard InChI is InChI=1S/C14H22N2O/c1-3-13(16-8-6-15-7-9-16)12-5-4-11(2)10-14(12)17/h4-5,10,13,15,17H,3,6-9H2,1-2H3/t13-/m0/s1. The molecule has 2 N–H and O–H groups in total. The largest absolute Gasteiger partial charge is 0.508 e. The van der Waals surface area contributed by atoms with Crippen molar-refractivity contribution in [1.82, 2.24) is 10.2 Å². The molecule has 3 heteroatoms. The van der Waals surface area contributed by atoms with Crippen molar-refractivity contribution in [3.8, 4) is 5.75 Å². The Morgan fingerprint density at radius 2 is 2.06 bits per heavy atom. The van der Waals surface area contributed by atoms with E-state index in [0.29, 0.717) is 11.8 Å². The quantitative estimate of drug-likeness (QED) is 0.840. The summed E-state index contributed by atoms with van der Waals surface area (Å²) in [6.07, 6.45) is 1.04. The Hall–Kier alpha value is -1.06. The zero-order valence-corrected chi connectivity index (χ0v) is 10.7. The predicted octanol–water partition coefficient (Wildman–Crippen LogP) is 2.06. The average Bonchev–Trinajstić information content (AvgIpc) is 2.34. The molecule has 1 fully saturated rings. The Morgan fingerprint density at radius 1 is 1.35 bits per heavy atom. The van der Waals surface area contributed by atoms with Crippen molar-refractivity contribution in [1.29, 1.82) is 0 Å².